The molecule has 2 heterocycles. The molecule has 0 bridgehead atoms. The van der Waals surface area contributed by atoms with Gasteiger partial charge in [-0.2, -0.15) is 0 Å². The quantitative estimate of drug-likeness (QED) is 0.731. The number of carbonyl (C=O) groups is 1. The van der Waals surface area contributed by atoms with E-state index in [1.165, 1.54) is 0 Å². The average Bonchev–Trinajstić information content (AvgIpc) is 2.59. The molecule has 110 valence electrons. The Balaban J connectivity index is 1.85. The van der Waals surface area contributed by atoms with Crippen LogP contribution in [-0.2, 0) is 23.7 Å². The van der Waals surface area contributed by atoms with Gasteiger partial charge in [0, 0.05) is 13.0 Å². The maximum Gasteiger partial charge on any atom is 0.306 e. The summed E-state index contributed by atoms with van der Waals surface area (Å²) in [5.74, 6) is -0.458. The highest BCUT2D eigenvalue weighted by Crippen LogP contribution is 2.35. The Kier molecular flexibility index (Phi) is 4.48. The second-order valence-electron chi connectivity index (χ2n) is 6.12. The number of rotatable bonds is 4. The van der Waals surface area contributed by atoms with E-state index in [-0.39, 0.29) is 30.9 Å². The second kappa shape index (κ2) is 5.77. The van der Waals surface area contributed by atoms with Crippen LogP contribution in [-0.4, -0.2) is 43.3 Å². The zero-order chi connectivity index (χ0) is 14.0. The predicted molar refractivity (Wildman–Crippen MR) is 68.6 cm³/mol. The molecule has 0 spiro atoms. The summed E-state index contributed by atoms with van der Waals surface area (Å²) in [5.41, 5.74) is 0. The highest BCUT2D eigenvalue weighted by Gasteiger charge is 2.47. The van der Waals surface area contributed by atoms with Crippen molar-refractivity contribution in [3.63, 3.8) is 0 Å². The van der Waals surface area contributed by atoms with Crippen molar-refractivity contribution in [3.05, 3.63) is 0 Å². The van der Waals surface area contributed by atoms with Crippen molar-refractivity contribution in [3.8, 4) is 0 Å². The molecule has 0 aromatic heterocycles. The lowest BCUT2D eigenvalue weighted by molar-refractivity contribution is -0.167. The fraction of sp³-hybridized carbons (Fsp3) is 0.929. The van der Waals surface area contributed by atoms with Crippen LogP contribution in [0.3, 0.4) is 0 Å². The summed E-state index contributed by atoms with van der Waals surface area (Å²) >= 11 is 0. The minimum Gasteiger partial charge on any atom is -0.463 e. The first-order valence-electron chi connectivity index (χ1n) is 7.00. The minimum absolute atomic E-state index is 0.0394. The van der Waals surface area contributed by atoms with Gasteiger partial charge in [-0.25, -0.2) is 0 Å². The number of hydrogen-bond donors (Lipinski definition) is 0. The predicted octanol–water partition coefficient (Wildman–Crippen LogP) is 1.88. The Morgan fingerprint density at radius 2 is 2.11 bits per heavy atom. The maximum atomic E-state index is 11.6. The molecule has 0 radical (unpaired) electrons. The fourth-order valence-corrected chi connectivity index (χ4v) is 2.54. The van der Waals surface area contributed by atoms with Crippen LogP contribution in [0.2, 0.25) is 0 Å². The second-order valence-corrected chi connectivity index (χ2v) is 6.12. The lowest BCUT2D eigenvalue weighted by atomic mass is 10.0. The summed E-state index contributed by atoms with van der Waals surface area (Å²) in [4.78, 5) is 11.6. The average molecular weight is 272 g/mol. The van der Waals surface area contributed by atoms with Crippen LogP contribution >= 0.6 is 0 Å². The maximum absolute atomic E-state index is 11.6. The van der Waals surface area contributed by atoms with E-state index >= 15 is 0 Å². The van der Waals surface area contributed by atoms with Crippen molar-refractivity contribution in [2.45, 2.75) is 64.6 Å². The molecule has 0 N–H and O–H groups in total. The van der Waals surface area contributed by atoms with Gasteiger partial charge in [0.15, 0.2) is 5.79 Å². The third-order valence-corrected chi connectivity index (χ3v) is 3.31. The molecule has 2 fully saturated rings. The van der Waals surface area contributed by atoms with Gasteiger partial charge in [-0.1, -0.05) is 13.8 Å². The molecule has 19 heavy (non-hydrogen) atoms. The monoisotopic (exact) mass is 272 g/mol. The van der Waals surface area contributed by atoms with Gasteiger partial charge in [0.05, 0.1) is 6.10 Å². The molecule has 2 aliphatic heterocycles. The van der Waals surface area contributed by atoms with Gasteiger partial charge in [-0.05, 0) is 26.2 Å². The molecule has 3 unspecified atom stereocenters. The highest BCUT2D eigenvalue weighted by atomic mass is 16.8. The van der Waals surface area contributed by atoms with Crippen molar-refractivity contribution in [2.24, 2.45) is 5.92 Å². The Labute approximate surface area is 114 Å². The molecule has 0 amide bonds. The van der Waals surface area contributed by atoms with Crippen LogP contribution < -0.4 is 0 Å². The lowest BCUT2D eigenvalue weighted by Gasteiger charge is -2.31. The van der Waals surface area contributed by atoms with Gasteiger partial charge in [0.1, 0.15) is 18.8 Å². The molecule has 5 heteroatoms. The van der Waals surface area contributed by atoms with E-state index < -0.39 is 5.79 Å². The standard InChI is InChI=1S/C14H24O5/c1-9(2)7-12(15)17-8-11-13-10(5-6-16-11)18-14(3,4)19-13/h9-11,13H,5-8H2,1-4H3. The Bertz CT molecular complexity index is 326. The molecule has 0 aromatic rings. The van der Waals surface area contributed by atoms with E-state index in [1.807, 2.05) is 27.7 Å². The fourth-order valence-electron chi connectivity index (χ4n) is 2.54. The Morgan fingerprint density at radius 1 is 1.37 bits per heavy atom. The summed E-state index contributed by atoms with van der Waals surface area (Å²) in [7, 11) is 0. The molecule has 0 aliphatic carbocycles. The molecular weight excluding hydrogens is 248 g/mol. The van der Waals surface area contributed by atoms with Crippen molar-refractivity contribution >= 4 is 5.97 Å². The van der Waals surface area contributed by atoms with Gasteiger partial charge in [-0.3, -0.25) is 4.79 Å². The first kappa shape index (κ1) is 14.8. The highest BCUT2D eigenvalue weighted by molar-refractivity contribution is 5.69. The molecule has 0 saturated carbocycles. The molecule has 2 rings (SSSR count). The zero-order valence-electron chi connectivity index (χ0n) is 12.2. The number of esters is 1. The minimum atomic E-state index is -0.580. The Hall–Kier alpha value is -0.650. The van der Waals surface area contributed by atoms with Gasteiger partial charge in [0.25, 0.3) is 0 Å². The first-order chi connectivity index (χ1) is 8.87. The SMILES string of the molecule is CC(C)CC(=O)OCC1OCCC2OC(C)(C)OC12. The van der Waals surface area contributed by atoms with E-state index in [0.29, 0.717) is 18.9 Å². The van der Waals surface area contributed by atoms with Gasteiger partial charge < -0.3 is 18.9 Å². The lowest BCUT2D eigenvalue weighted by Crippen LogP contribution is -2.45. The third kappa shape index (κ3) is 3.91. The van der Waals surface area contributed by atoms with Crippen LogP contribution in [0.4, 0.5) is 0 Å². The van der Waals surface area contributed by atoms with Crippen LogP contribution in [0.25, 0.3) is 0 Å². The number of hydrogen-bond acceptors (Lipinski definition) is 5. The first-order valence-corrected chi connectivity index (χ1v) is 7.00. The molecular formula is C14H24O5. The van der Waals surface area contributed by atoms with Gasteiger partial charge in [0.2, 0.25) is 0 Å². The number of ether oxygens (including phenoxy) is 4. The topological polar surface area (TPSA) is 54.0 Å². The van der Waals surface area contributed by atoms with E-state index in [9.17, 15) is 4.79 Å². The normalized spacial score (nSPS) is 33.2. The van der Waals surface area contributed by atoms with Crippen molar-refractivity contribution < 1.29 is 23.7 Å². The van der Waals surface area contributed by atoms with E-state index in [0.717, 1.165) is 6.42 Å². The van der Waals surface area contributed by atoms with E-state index in [2.05, 4.69) is 0 Å². The summed E-state index contributed by atoms with van der Waals surface area (Å²) in [6.45, 7) is 8.63. The van der Waals surface area contributed by atoms with Crippen LogP contribution in [0, 0.1) is 5.92 Å². The number of fused-ring (bicyclic) bond motifs is 1. The van der Waals surface area contributed by atoms with Gasteiger partial charge in [-0.15, -0.1) is 0 Å². The molecule has 2 saturated heterocycles. The summed E-state index contributed by atoms with van der Waals surface area (Å²) in [6.07, 6.45) is 0.929. The smallest absolute Gasteiger partial charge is 0.306 e. The molecule has 0 aromatic carbocycles. The zero-order valence-corrected chi connectivity index (χ0v) is 12.2. The summed E-state index contributed by atoms with van der Waals surface area (Å²) in [6, 6.07) is 0. The van der Waals surface area contributed by atoms with Gasteiger partial charge >= 0.3 is 5.97 Å². The summed E-state index contributed by atoms with van der Waals surface area (Å²) < 4.78 is 22.6. The van der Waals surface area contributed by atoms with Crippen LogP contribution in [0.1, 0.15) is 40.5 Å². The van der Waals surface area contributed by atoms with Crippen LogP contribution in [0.5, 0.6) is 0 Å². The number of carbonyl (C=O) groups excluding carboxylic acids is 1. The van der Waals surface area contributed by atoms with Crippen LogP contribution in [0.15, 0.2) is 0 Å². The van der Waals surface area contributed by atoms with E-state index in [1.54, 1.807) is 0 Å². The largest absolute Gasteiger partial charge is 0.463 e. The van der Waals surface area contributed by atoms with E-state index in [4.69, 9.17) is 18.9 Å². The molecule has 5 nitrogen and oxygen atoms in total. The third-order valence-electron chi connectivity index (χ3n) is 3.31. The molecule has 3 atom stereocenters. The molecule has 2 aliphatic rings. The summed E-state index contributed by atoms with van der Waals surface area (Å²) in [5, 5.41) is 0. The van der Waals surface area contributed by atoms with Crippen molar-refractivity contribution in [1.29, 1.82) is 0 Å². The Morgan fingerprint density at radius 3 is 2.79 bits per heavy atom. The van der Waals surface area contributed by atoms with Crippen molar-refractivity contribution in [1.82, 2.24) is 0 Å². The van der Waals surface area contributed by atoms with Crippen molar-refractivity contribution in [2.75, 3.05) is 13.2 Å².